The van der Waals surface area contributed by atoms with Gasteiger partial charge < -0.3 is 19.0 Å². The zero-order chi connectivity index (χ0) is 16.9. The van der Waals surface area contributed by atoms with Crippen LogP contribution in [0.2, 0.25) is 0 Å². The van der Waals surface area contributed by atoms with Crippen LogP contribution >= 0.6 is 15.9 Å². The molecule has 0 unspecified atom stereocenters. The largest absolute Gasteiger partial charge is 0.493 e. The lowest BCUT2D eigenvalue weighted by atomic mass is 10.2. The molecule has 1 aromatic heterocycles. The summed E-state index contributed by atoms with van der Waals surface area (Å²) in [6.07, 6.45) is 0. The quantitative estimate of drug-likeness (QED) is 0.692. The predicted octanol–water partition coefficient (Wildman–Crippen LogP) is 3.58. The number of rotatable bonds is 6. The van der Waals surface area contributed by atoms with Crippen LogP contribution in [0.25, 0.3) is 11.5 Å². The van der Waals surface area contributed by atoms with E-state index in [-0.39, 0.29) is 13.2 Å². The topological polar surface area (TPSA) is 77.6 Å². The number of nitrogens with zero attached hydrogens (tertiary/aromatic N) is 2. The van der Waals surface area contributed by atoms with Crippen LogP contribution in [0, 0.1) is 0 Å². The van der Waals surface area contributed by atoms with Crippen molar-refractivity contribution in [1.29, 1.82) is 0 Å². The minimum atomic E-state index is -0.0587. The highest BCUT2D eigenvalue weighted by atomic mass is 79.9. The molecule has 0 atom stereocenters. The molecular weight excluding hydrogens is 376 g/mol. The molecule has 0 bridgehead atoms. The third-order valence-electron chi connectivity index (χ3n) is 3.32. The fourth-order valence-corrected chi connectivity index (χ4v) is 2.35. The van der Waals surface area contributed by atoms with Crippen LogP contribution in [0.15, 0.2) is 51.4 Å². The first kappa shape index (κ1) is 16.5. The van der Waals surface area contributed by atoms with Gasteiger partial charge in [-0.3, -0.25) is 0 Å². The number of halogens is 1. The summed E-state index contributed by atoms with van der Waals surface area (Å²) in [6, 6.07) is 12.8. The number of aliphatic hydroxyl groups excluding tert-OH is 1. The average molecular weight is 391 g/mol. The molecule has 0 saturated carbocycles. The molecule has 3 rings (SSSR count). The van der Waals surface area contributed by atoms with E-state index in [4.69, 9.17) is 19.0 Å². The minimum absolute atomic E-state index is 0.0587. The molecule has 2 aromatic carbocycles. The second-order valence-corrected chi connectivity index (χ2v) is 5.86. The summed E-state index contributed by atoms with van der Waals surface area (Å²) in [5, 5.41) is 17.2. The van der Waals surface area contributed by atoms with Gasteiger partial charge in [-0.05, 0) is 42.0 Å². The highest BCUT2D eigenvalue weighted by molar-refractivity contribution is 9.10. The van der Waals surface area contributed by atoms with Gasteiger partial charge in [-0.25, -0.2) is 0 Å². The van der Waals surface area contributed by atoms with E-state index in [2.05, 4.69) is 26.1 Å². The lowest BCUT2D eigenvalue weighted by Crippen LogP contribution is -1.99. The number of aromatic nitrogens is 2. The second-order valence-electron chi connectivity index (χ2n) is 4.94. The van der Waals surface area contributed by atoms with Crippen molar-refractivity contribution < 1.29 is 19.0 Å². The first-order valence-electron chi connectivity index (χ1n) is 7.18. The van der Waals surface area contributed by atoms with Crippen molar-refractivity contribution in [2.45, 2.75) is 13.2 Å². The highest BCUT2D eigenvalue weighted by Crippen LogP contribution is 2.29. The molecule has 7 heteroatoms. The van der Waals surface area contributed by atoms with Crippen molar-refractivity contribution in [2.75, 3.05) is 7.11 Å². The maximum Gasteiger partial charge on any atom is 0.254 e. The molecule has 0 aliphatic carbocycles. The number of hydrogen-bond donors (Lipinski definition) is 1. The highest BCUT2D eigenvalue weighted by Gasteiger charge is 2.11. The van der Waals surface area contributed by atoms with Gasteiger partial charge in [0.1, 0.15) is 0 Å². The van der Waals surface area contributed by atoms with E-state index in [1.807, 2.05) is 24.3 Å². The number of ether oxygens (including phenoxy) is 2. The minimum Gasteiger partial charge on any atom is -0.493 e. The normalized spacial score (nSPS) is 10.6. The fraction of sp³-hybridized carbons (Fsp3) is 0.176. The predicted molar refractivity (Wildman–Crippen MR) is 90.7 cm³/mol. The Hall–Kier alpha value is -2.38. The molecular formula is C17H15BrN2O4. The summed E-state index contributed by atoms with van der Waals surface area (Å²) >= 11 is 3.38. The first-order chi connectivity index (χ1) is 11.7. The Morgan fingerprint density at radius 1 is 1.08 bits per heavy atom. The smallest absolute Gasteiger partial charge is 0.254 e. The fourth-order valence-electron chi connectivity index (χ4n) is 2.09. The maximum atomic E-state index is 9.15. The molecule has 0 radical (unpaired) electrons. The monoisotopic (exact) mass is 390 g/mol. The van der Waals surface area contributed by atoms with Crippen molar-refractivity contribution in [3.63, 3.8) is 0 Å². The Balaban J connectivity index is 1.70. The summed E-state index contributed by atoms with van der Waals surface area (Å²) in [5.74, 6) is 1.87. The van der Waals surface area contributed by atoms with Crippen molar-refractivity contribution in [1.82, 2.24) is 10.2 Å². The summed E-state index contributed by atoms with van der Waals surface area (Å²) in [6.45, 7) is 0.0647. The molecule has 0 fully saturated rings. The van der Waals surface area contributed by atoms with Crippen molar-refractivity contribution in [3.05, 3.63) is 58.4 Å². The van der Waals surface area contributed by atoms with E-state index in [1.54, 1.807) is 25.3 Å². The Morgan fingerprint density at radius 3 is 2.58 bits per heavy atom. The summed E-state index contributed by atoms with van der Waals surface area (Å²) in [7, 11) is 1.54. The second kappa shape index (κ2) is 7.46. The van der Waals surface area contributed by atoms with Gasteiger partial charge in [0.25, 0.3) is 5.89 Å². The molecule has 124 valence electrons. The van der Waals surface area contributed by atoms with E-state index in [0.29, 0.717) is 23.3 Å². The molecule has 1 N–H and O–H groups in total. The van der Waals surface area contributed by atoms with Crippen LogP contribution in [0.1, 0.15) is 11.5 Å². The van der Waals surface area contributed by atoms with Gasteiger partial charge in [0.2, 0.25) is 5.89 Å². The number of methoxy groups -OCH3 is 1. The zero-order valence-corrected chi connectivity index (χ0v) is 14.5. The van der Waals surface area contributed by atoms with Gasteiger partial charge in [0, 0.05) is 10.0 Å². The van der Waals surface area contributed by atoms with Gasteiger partial charge >= 0.3 is 0 Å². The maximum absolute atomic E-state index is 9.15. The SMILES string of the molecule is COc1cc(CO)ccc1OCc1nnc(-c2ccc(Br)cc2)o1. The van der Waals surface area contributed by atoms with E-state index in [1.165, 1.54) is 0 Å². The number of benzene rings is 2. The molecule has 0 aliphatic heterocycles. The van der Waals surface area contributed by atoms with Gasteiger partial charge in [-0.1, -0.05) is 22.0 Å². The standard InChI is InChI=1S/C17H15BrN2O4/c1-22-15-8-11(9-21)2-7-14(15)23-10-16-19-20-17(24-16)12-3-5-13(18)6-4-12/h2-8,21H,9-10H2,1H3. The third kappa shape index (κ3) is 3.74. The van der Waals surface area contributed by atoms with Crippen LogP contribution in [0.3, 0.4) is 0 Å². The lowest BCUT2D eigenvalue weighted by molar-refractivity contribution is 0.249. The molecule has 0 aliphatic rings. The van der Waals surface area contributed by atoms with Crippen molar-refractivity contribution in [3.8, 4) is 23.0 Å². The van der Waals surface area contributed by atoms with Crippen LogP contribution in [0.5, 0.6) is 11.5 Å². The van der Waals surface area contributed by atoms with Crippen molar-refractivity contribution in [2.24, 2.45) is 0 Å². The number of aliphatic hydroxyl groups is 1. The van der Waals surface area contributed by atoms with E-state index in [9.17, 15) is 0 Å². The van der Waals surface area contributed by atoms with Gasteiger partial charge in [-0.15, -0.1) is 10.2 Å². The molecule has 0 amide bonds. The lowest BCUT2D eigenvalue weighted by Gasteiger charge is -2.10. The van der Waals surface area contributed by atoms with Gasteiger partial charge in [-0.2, -0.15) is 0 Å². The number of hydrogen-bond acceptors (Lipinski definition) is 6. The third-order valence-corrected chi connectivity index (χ3v) is 3.85. The van der Waals surface area contributed by atoms with Gasteiger partial charge in [0.15, 0.2) is 18.1 Å². The van der Waals surface area contributed by atoms with Crippen molar-refractivity contribution >= 4 is 15.9 Å². The molecule has 6 nitrogen and oxygen atoms in total. The van der Waals surface area contributed by atoms with Crippen LogP contribution in [-0.2, 0) is 13.2 Å². The summed E-state index contributed by atoms with van der Waals surface area (Å²) in [4.78, 5) is 0. The first-order valence-corrected chi connectivity index (χ1v) is 7.98. The Morgan fingerprint density at radius 2 is 1.88 bits per heavy atom. The Kier molecular flexibility index (Phi) is 5.12. The Labute approximate surface area is 147 Å². The van der Waals surface area contributed by atoms with Crippen LogP contribution < -0.4 is 9.47 Å². The average Bonchev–Trinajstić information content (AvgIpc) is 3.09. The summed E-state index contributed by atoms with van der Waals surface area (Å²) in [5.41, 5.74) is 1.58. The molecule has 0 saturated heterocycles. The van der Waals surface area contributed by atoms with E-state index < -0.39 is 0 Å². The molecule has 0 spiro atoms. The molecule has 1 heterocycles. The zero-order valence-electron chi connectivity index (χ0n) is 12.9. The van der Waals surface area contributed by atoms with Crippen LogP contribution in [0.4, 0.5) is 0 Å². The molecule has 3 aromatic rings. The Bertz CT molecular complexity index is 818. The van der Waals surface area contributed by atoms with Crippen LogP contribution in [-0.4, -0.2) is 22.4 Å². The van der Waals surface area contributed by atoms with Gasteiger partial charge in [0.05, 0.1) is 13.7 Å². The van der Waals surface area contributed by atoms with E-state index >= 15 is 0 Å². The molecule has 24 heavy (non-hydrogen) atoms. The van der Waals surface area contributed by atoms with E-state index in [0.717, 1.165) is 15.6 Å². The summed E-state index contributed by atoms with van der Waals surface area (Å²) < 4.78 is 17.5.